The quantitative estimate of drug-likeness (QED) is 0.750. The Kier molecular flexibility index (Phi) is 3.71. The first kappa shape index (κ1) is 10.5. The van der Waals surface area contributed by atoms with E-state index in [0.29, 0.717) is 0 Å². The van der Waals surface area contributed by atoms with Crippen LogP contribution in [0.3, 0.4) is 0 Å². The second-order valence-corrected chi connectivity index (χ2v) is 5.85. The van der Waals surface area contributed by atoms with E-state index in [1.807, 2.05) is 30.3 Å². The lowest BCUT2D eigenvalue weighted by molar-refractivity contribution is 0.575. The molecule has 0 amide bonds. The number of hydrogen-bond acceptors (Lipinski definition) is 1. The van der Waals surface area contributed by atoms with Crippen LogP contribution in [0.25, 0.3) is 0 Å². The zero-order chi connectivity index (χ0) is 9.73. The lowest BCUT2D eigenvalue weighted by Gasteiger charge is -2.14. The molecule has 0 aliphatic rings. The zero-order valence-corrected chi connectivity index (χ0v) is 9.05. The highest BCUT2D eigenvalue weighted by molar-refractivity contribution is 7.68. The van der Waals surface area contributed by atoms with Gasteiger partial charge in [0, 0.05) is 18.5 Å². The molecule has 3 heteroatoms. The maximum absolute atomic E-state index is 12.1. The van der Waals surface area contributed by atoms with Crippen molar-refractivity contribution < 1.29 is 4.57 Å². The Balaban J connectivity index is 2.76. The monoisotopic (exact) mass is 197 g/mol. The summed E-state index contributed by atoms with van der Waals surface area (Å²) in [7, 11) is -2.31. The molecule has 0 radical (unpaired) electrons. The molecule has 0 saturated carbocycles. The van der Waals surface area contributed by atoms with Gasteiger partial charge in [-0.15, -0.1) is 0 Å². The lowest BCUT2D eigenvalue weighted by atomic mass is 10.4. The summed E-state index contributed by atoms with van der Waals surface area (Å²) in [6.45, 7) is 4.65. The predicted molar refractivity (Wildman–Crippen MR) is 57.9 cm³/mol. The minimum Gasteiger partial charge on any atom is -0.302 e. The first-order chi connectivity index (χ1) is 6.17. The number of rotatable bonds is 4. The van der Waals surface area contributed by atoms with E-state index in [1.165, 1.54) is 0 Å². The first-order valence-electron chi connectivity index (χ1n) is 4.55. The predicted octanol–water partition coefficient (Wildman–Crippen LogP) is 2.22. The van der Waals surface area contributed by atoms with E-state index in [9.17, 15) is 4.57 Å². The van der Waals surface area contributed by atoms with Gasteiger partial charge in [-0.25, -0.2) is 0 Å². The standard InChI is InChI=1S/C10H16NOP/c1-3-9-11-13(2,12)10-7-5-4-6-8-10/h4-8H,3,9H2,1-2H3,(H,11,12). The van der Waals surface area contributed by atoms with E-state index in [1.54, 1.807) is 6.66 Å². The molecular weight excluding hydrogens is 181 g/mol. The van der Waals surface area contributed by atoms with E-state index < -0.39 is 7.29 Å². The molecule has 0 aliphatic heterocycles. The van der Waals surface area contributed by atoms with Gasteiger partial charge in [0.2, 0.25) is 0 Å². The largest absolute Gasteiger partial charge is 0.302 e. The average Bonchev–Trinajstić information content (AvgIpc) is 2.16. The molecule has 0 aromatic heterocycles. The van der Waals surface area contributed by atoms with E-state index in [0.717, 1.165) is 18.3 Å². The maximum Gasteiger partial charge on any atom is 0.173 e. The highest BCUT2D eigenvalue weighted by Gasteiger charge is 2.15. The SMILES string of the molecule is CCCNP(C)(=O)c1ccccc1. The fraction of sp³-hybridized carbons (Fsp3) is 0.400. The van der Waals surface area contributed by atoms with Crippen LogP contribution in [-0.4, -0.2) is 13.2 Å². The summed E-state index contributed by atoms with van der Waals surface area (Å²) in [5.41, 5.74) is 0. The minimum absolute atomic E-state index is 0.808. The molecule has 0 saturated heterocycles. The van der Waals surface area contributed by atoms with Crippen molar-refractivity contribution in [2.45, 2.75) is 13.3 Å². The topological polar surface area (TPSA) is 29.1 Å². The average molecular weight is 197 g/mol. The molecule has 1 unspecified atom stereocenters. The summed E-state index contributed by atoms with van der Waals surface area (Å²) in [4.78, 5) is 0. The Labute approximate surface area is 79.8 Å². The van der Waals surface area contributed by atoms with Crippen molar-refractivity contribution in [2.75, 3.05) is 13.2 Å². The molecule has 72 valence electrons. The lowest BCUT2D eigenvalue weighted by Crippen LogP contribution is -2.19. The van der Waals surface area contributed by atoms with E-state index >= 15 is 0 Å². The van der Waals surface area contributed by atoms with Crippen LogP contribution in [0.5, 0.6) is 0 Å². The fourth-order valence-corrected chi connectivity index (χ4v) is 2.70. The normalized spacial score (nSPS) is 15.2. The van der Waals surface area contributed by atoms with Crippen LogP contribution >= 0.6 is 7.29 Å². The summed E-state index contributed by atoms with van der Waals surface area (Å²) in [6.07, 6.45) is 1.00. The second kappa shape index (κ2) is 4.59. The van der Waals surface area contributed by atoms with Gasteiger partial charge in [0.15, 0.2) is 7.29 Å². The van der Waals surface area contributed by atoms with Crippen LogP contribution in [-0.2, 0) is 4.57 Å². The van der Waals surface area contributed by atoms with Gasteiger partial charge in [0.25, 0.3) is 0 Å². The Morgan fingerprint density at radius 1 is 1.31 bits per heavy atom. The Bertz CT molecular complexity index is 297. The van der Waals surface area contributed by atoms with Crippen molar-refractivity contribution in [3.63, 3.8) is 0 Å². The molecule has 1 N–H and O–H groups in total. The first-order valence-corrected chi connectivity index (χ1v) is 6.70. The van der Waals surface area contributed by atoms with E-state index in [-0.39, 0.29) is 0 Å². The molecular formula is C10H16NOP. The number of nitrogens with one attached hydrogen (secondary N) is 1. The number of hydrogen-bond donors (Lipinski definition) is 1. The summed E-state index contributed by atoms with van der Waals surface area (Å²) in [5.74, 6) is 0. The van der Waals surface area contributed by atoms with Crippen LogP contribution in [0, 0.1) is 0 Å². The third kappa shape index (κ3) is 2.98. The molecule has 2 nitrogen and oxygen atoms in total. The van der Waals surface area contributed by atoms with Crippen LogP contribution in [0.1, 0.15) is 13.3 Å². The van der Waals surface area contributed by atoms with E-state index in [2.05, 4.69) is 12.0 Å². The van der Waals surface area contributed by atoms with Crippen LogP contribution in [0.15, 0.2) is 30.3 Å². The zero-order valence-electron chi connectivity index (χ0n) is 8.16. The molecule has 1 aromatic carbocycles. The van der Waals surface area contributed by atoms with Crippen LogP contribution in [0.4, 0.5) is 0 Å². The molecule has 0 heterocycles. The fourth-order valence-electron chi connectivity index (χ4n) is 1.13. The molecule has 1 rings (SSSR count). The van der Waals surface area contributed by atoms with E-state index in [4.69, 9.17) is 0 Å². The van der Waals surface area contributed by atoms with Crippen LogP contribution < -0.4 is 10.4 Å². The second-order valence-electron chi connectivity index (χ2n) is 3.17. The van der Waals surface area contributed by atoms with Gasteiger partial charge >= 0.3 is 0 Å². The maximum atomic E-state index is 12.1. The molecule has 0 fully saturated rings. The van der Waals surface area contributed by atoms with Gasteiger partial charge in [-0.3, -0.25) is 5.09 Å². The Morgan fingerprint density at radius 3 is 2.46 bits per heavy atom. The summed E-state index contributed by atoms with van der Waals surface area (Å²) < 4.78 is 12.1. The third-order valence-electron chi connectivity index (χ3n) is 1.91. The highest BCUT2D eigenvalue weighted by atomic mass is 31.2. The van der Waals surface area contributed by atoms with Crippen molar-refractivity contribution in [3.05, 3.63) is 30.3 Å². The van der Waals surface area contributed by atoms with Gasteiger partial charge in [0.1, 0.15) is 0 Å². The smallest absolute Gasteiger partial charge is 0.173 e. The number of benzene rings is 1. The Morgan fingerprint density at radius 2 is 1.92 bits per heavy atom. The van der Waals surface area contributed by atoms with Crippen LogP contribution in [0.2, 0.25) is 0 Å². The van der Waals surface area contributed by atoms with Crippen molar-refractivity contribution >= 4 is 12.6 Å². The summed E-state index contributed by atoms with van der Waals surface area (Å²) >= 11 is 0. The molecule has 0 aliphatic carbocycles. The van der Waals surface area contributed by atoms with Crippen molar-refractivity contribution in [1.82, 2.24) is 5.09 Å². The highest BCUT2D eigenvalue weighted by Crippen LogP contribution is 2.33. The van der Waals surface area contributed by atoms with Gasteiger partial charge in [-0.1, -0.05) is 37.3 Å². The van der Waals surface area contributed by atoms with Gasteiger partial charge in [0.05, 0.1) is 0 Å². The summed E-state index contributed by atoms with van der Waals surface area (Å²) in [6, 6.07) is 9.58. The van der Waals surface area contributed by atoms with Crippen molar-refractivity contribution in [1.29, 1.82) is 0 Å². The molecule has 0 bridgehead atoms. The Hall–Kier alpha value is -0.590. The van der Waals surface area contributed by atoms with Crippen molar-refractivity contribution in [3.8, 4) is 0 Å². The molecule has 0 spiro atoms. The van der Waals surface area contributed by atoms with Crippen molar-refractivity contribution in [2.24, 2.45) is 0 Å². The molecule has 1 atom stereocenters. The third-order valence-corrected chi connectivity index (χ3v) is 4.02. The molecule has 1 aromatic rings. The van der Waals surface area contributed by atoms with Gasteiger partial charge in [-0.2, -0.15) is 0 Å². The molecule has 13 heavy (non-hydrogen) atoms. The minimum atomic E-state index is -2.31. The van der Waals surface area contributed by atoms with Gasteiger partial charge in [-0.05, 0) is 6.42 Å². The summed E-state index contributed by atoms with van der Waals surface area (Å²) in [5, 5.41) is 3.99. The van der Waals surface area contributed by atoms with Gasteiger partial charge < -0.3 is 4.57 Å².